The van der Waals surface area contributed by atoms with Crippen LogP contribution in [0, 0.1) is 0 Å². The van der Waals surface area contributed by atoms with Gasteiger partial charge in [0.05, 0.1) is 16.7 Å². The van der Waals surface area contributed by atoms with E-state index in [4.69, 9.17) is 33.0 Å². The third kappa shape index (κ3) is 3.86. The molecule has 0 radical (unpaired) electrons. The monoisotopic (exact) mass is 360 g/mol. The molecule has 2 rings (SSSR count). The Labute approximate surface area is 130 Å². The van der Waals surface area contributed by atoms with E-state index in [0.29, 0.717) is 22.4 Å². The zero-order valence-electron chi connectivity index (χ0n) is 9.87. The van der Waals surface area contributed by atoms with Gasteiger partial charge in [0.2, 0.25) is 0 Å². The molecule has 0 amide bonds. The fourth-order valence-corrected chi connectivity index (χ4v) is 2.36. The summed E-state index contributed by atoms with van der Waals surface area (Å²) in [6.45, 7) is 0.429. The maximum Gasteiger partial charge on any atom is 0.139 e. The van der Waals surface area contributed by atoms with Crippen molar-refractivity contribution in [2.24, 2.45) is 0 Å². The van der Waals surface area contributed by atoms with Gasteiger partial charge in [-0.3, -0.25) is 0 Å². The van der Waals surface area contributed by atoms with Crippen LogP contribution in [0.25, 0.3) is 0 Å². The molecule has 0 saturated carbocycles. The summed E-state index contributed by atoms with van der Waals surface area (Å²) in [6, 6.07) is 10.9. The molecule has 0 spiro atoms. The molecule has 0 atom stereocenters. The van der Waals surface area contributed by atoms with E-state index in [2.05, 4.69) is 15.9 Å². The molecule has 0 heterocycles. The van der Waals surface area contributed by atoms with Crippen molar-refractivity contribution in [2.75, 3.05) is 0 Å². The summed E-state index contributed by atoms with van der Waals surface area (Å²) in [5, 5.41) is 10.0. The minimum atomic E-state index is 0.0370. The van der Waals surface area contributed by atoms with Crippen molar-refractivity contribution >= 4 is 39.1 Å². The second-order valence-electron chi connectivity index (χ2n) is 3.96. The second-order valence-corrected chi connectivity index (χ2v) is 5.63. The molecular weight excluding hydrogens is 351 g/mol. The highest BCUT2D eigenvalue weighted by Crippen LogP contribution is 2.34. The molecule has 1 N–H and O–H groups in total. The van der Waals surface area contributed by atoms with Crippen LogP contribution in [-0.4, -0.2) is 5.11 Å². The first kappa shape index (κ1) is 14.7. The number of rotatable bonds is 4. The van der Waals surface area contributed by atoms with Crippen molar-refractivity contribution in [2.45, 2.75) is 13.2 Å². The smallest absolute Gasteiger partial charge is 0.139 e. The Hall–Kier alpha value is -0.740. The van der Waals surface area contributed by atoms with Gasteiger partial charge >= 0.3 is 0 Å². The molecule has 0 aliphatic carbocycles. The average molecular weight is 362 g/mol. The van der Waals surface area contributed by atoms with Gasteiger partial charge < -0.3 is 9.84 Å². The maximum absolute atomic E-state index is 8.96. The highest BCUT2D eigenvalue weighted by atomic mass is 79.9. The summed E-state index contributed by atoms with van der Waals surface area (Å²) in [5.41, 5.74) is 1.86. The quantitative estimate of drug-likeness (QED) is 0.790. The van der Waals surface area contributed by atoms with Gasteiger partial charge in [-0.05, 0) is 33.1 Å². The van der Waals surface area contributed by atoms with E-state index in [0.717, 1.165) is 15.6 Å². The zero-order valence-corrected chi connectivity index (χ0v) is 13.0. The summed E-state index contributed by atoms with van der Waals surface area (Å²) in [5.74, 6) is 0.543. The molecule has 2 nitrogen and oxygen atoms in total. The van der Waals surface area contributed by atoms with Crippen LogP contribution in [0.1, 0.15) is 11.1 Å². The summed E-state index contributed by atoms with van der Waals surface area (Å²) in [6.07, 6.45) is 0. The van der Waals surface area contributed by atoms with Crippen molar-refractivity contribution in [3.05, 3.63) is 62.0 Å². The first-order valence-electron chi connectivity index (χ1n) is 5.56. The van der Waals surface area contributed by atoms with Crippen LogP contribution in [0.15, 0.2) is 40.9 Å². The number of aliphatic hydroxyl groups excluding tert-OH is 1. The predicted octanol–water partition coefficient (Wildman–Crippen LogP) is 4.83. The Morgan fingerprint density at radius 3 is 2.26 bits per heavy atom. The van der Waals surface area contributed by atoms with Crippen LogP contribution in [0.2, 0.25) is 10.0 Å². The Balaban J connectivity index is 2.07. The summed E-state index contributed by atoms with van der Waals surface area (Å²) in [7, 11) is 0. The van der Waals surface area contributed by atoms with Gasteiger partial charge in [0.25, 0.3) is 0 Å². The van der Waals surface area contributed by atoms with E-state index in [1.807, 2.05) is 24.3 Å². The van der Waals surface area contributed by atoms with E-state index in [9.17, 15) is 0 Å². The van der Waals surface area contributed by atoms with Crippen molar-refractivity contribution in [3.63, 3.8) is 0 Å². The minimum absolute atomic E-state index is 0.0370. The van der Waals surface area contributed by atoms with Crippen LogP contribution in [0.4, 0.5) is 0 Å². The molecule has 0 aromatic heterocycles. The molecule has 0 saturated heterocycles. The fraction of sp³-hybridized carbons (Fsp3) is 0.143. The minimum Gasteiger partial charge on any atom is -0.487 e. The van der Waals surface area contributed by atoms with Gasteiger partial charge in [0.15, 0.2) is 0 Å². The van der Waals surface area contributed by atoms with Crippen molar-refractivity contribution in [1.29, 1.82) is 0 Å². The summed E-state index contributed by atoms with van der Waals surface area (Å²) in [4.78, 5) is 0. The first-order valence-corrected chi connectivity index (χ1v) is 7.11. The zero-order chi connectivity index (χ0) is 13.8. The van der Waals surface area contributed by atoms with Gasteiger partial charge in [-0.25, -0.2) is 0 Å². The van der Waals surface area contributed by atoms with Crippen molar-refractivity contribution < 1.29 is 9.84 Å². The fourth-order valence-electron chi connectivity index (χ4n) is 1.52. The van der Waals surface area contributed by atoms with E-state index in [1.54, 1.807) is 12.1 Å². The number of benzene rings is 2. The van der Waals surface area contributed by atoms with Crippen molar-refractivity contribution in [3.8, 4) is 5.75 Å². The third-order valence-electron chi connectivity index (χ3n) is 2.57. The Bertz CT molecular complexity index is 570. The van der Waals surface area contributed by atoms with Gasteiger partial charge in [0, 0.05) is 10.5 Å². The topological polar surface area (TPSA) is 29.5 Å². The van der Waals surface area contributed by atoms with Crippen molar-refractivity contribution in [1.82, 2.24) is 0 Å². The Morgan fingerprint density at radius 1 is 1.00 bits per heavy atom. The molecule has 5 heteroatoms. The number of halogens is 3. The number of hydrogen-bond donors (Lipinski definition) is 1. The molecule has 0 aliphatic heterocycles. The van der Waals surface area contributed by atoms with Gasteiger partial charge in [-0.1, -0.05) is 47.5 Å². The predicted molar refractivity (Wildman–Crippen MR) is 80.9 cm³/mol. The van der Waals surface area contributed by atoms with Crippen LogP contribution in [0.3, 0.4) is 0 Å². The highest BCUT2D eigenvalue weighted by molar-refractivity contribution is 9.10. The highest BCUT2D eigenvalue weighted by Gasteiger charge is 2.07. The van der Waals surface area contributed by atoms with Gasteiger partial charge in [0.1, 0.15) is 12.4 Å². The molecule has 2 aromatic rings. The standard InChI is InChI=1S/C14H11BrCl2O2/c15-11-5-13(17)14(6-12(11)16)19-8-10-3-1-9(7-18)2-4-10/h1-6,18H,7-8H2. The van der Waals surface area contributed by atoms with E-state index in [1.165, 1.54) is 0 Å². The van der Waals surface area contributed by atoms with Crippen LogP contribution in [-0.2, 0) is 13.2 Å². The number of hydrogen-bond acceptors (Lipinski definition) is 2. The molecule has 0 fully saturated rings. The molecule has 0 aliphatic rings. The third-order valence-corrected chi connectivity index (χ3v) is 4.07. The lowest BCUT2D eigenvalue weighted by molar-refractivity contribution is 0.281. The van der Waals surface area contributed by atoms with E-state index < -0.39 is 0 Å². The van der Waals surface area contributed by atoms with E-state index in [-0.39, 0.29) is 6.61 Å². The average Bonchev–Trinajstić information content (AvgIpc) is 2.42. The van der Waals surface area contributed by atoms with Gasteiger partial charge in [-0.15, -0.1) is 0 Å². The molecule has 19 heavy (non-hydrogen) atoms. The molecule has 0 bridgehead atoms. The molecule has 100 valence electrons. The Morgan fingerprint density at radius 2 is 1.63 bits per heavy atom. The van der Waals surface area contributed by atoms with E-state index >= 15 is 0 Å². The van der Waals surface area contributed by atoms with Crippen LogP contribution >= 0.6 is 39.1 Å². The summed E-state index contributed by atoms with van der Waals surface area (Å²) >= 11 is 15.4. The van der Waals surface area contributed by atoms with Crippen LogP contribution in [0.5, 0.6) is 5.75 Å². The number of aliphatic hydroxyl groups is 1. The molecular formula is C14H11BrCl2O2. The number of ether oxygens (including phenoxy) is 1. The SMILES string of the molecule is OCc1ccc(COc2cc(Cl)c(Br)cc2Cl)cc1. The first-order chi connectivity index (χ1) is 9.10. The normalized spacial score (nSPS) is 10.5. The summed E-state index contributed by atoms with van der Waals surface area (Å²) < 4.78 is 6.37. The lowest BCUT2D eigenvalue weighted by atomic mass is 10.1. The lowest BCUT2D eigenvalue weighted by Gasteiger charge is -2.09. The largest absolute Gasteiger partial charge is 0.487 e. The maximum atomic E-state index is 8.96. The van der Waals surface area contributed by atoms with Crippen LogP contribution < -0.4 is 4.74 Å². The lowest BCUT2D eigenvalue weighted by Crippen LogP contribution is -1.96. The molecule has 2 aromatic carbocycles. The molecule has 0 unspecified atom stereocenters. The second kappa shape index (κ2) is 6.62. The Kier molecular flexibility index (Phi) is 5.11. The van der Waals surface area contributed by atoms with Gasteiger partial charge in [-0.2, -0.15) is 0 Å².